The molecule has 1 aromatic rings. The van der Waals surface area contributed by atoms with Crippen molar-refractivity contribution in [2.75, 3.05) is 0 Å². The monoisotopic (exact) mass is 265 g/mol. The van der Waals surface area contributed by atoms with Crippen LogP contribution in [0.5, 0.6) is 0 Å². The highest BCUT2D eigenvalue weighted by atomic mass is 32.1. The van der Waals surface area contributed by atoms with Crippen LogP contribution in [0.1, 0.15) is 29.3 Å². The second kappa shape index (κ2) is 6.70. The Morgan fingerprint density at radius 3 is 2.50 bits per heavy atom. The Morgan fingerprint density at radius 2 is 1.89 bits per heavy atom. The molecular weight excluding hydrogens is 250 g/mol. The van der Waals surface area contributed by atoms with Crippen molar-refractivity contribution in [3.63, 3.8) is 0 Å². The number of rotatable bonds is 2. The van der Waals surface area contributed by atoms with Gasteiger partial charge in [0, 0.05) is 12.0 Å². The molecule has 3 N–H and O–H groups in total. The average molecular weight is 265 g/mol. The van der Waals surface area contributed by atoms with Crippen molar-refractivity contribution in [3.8, 4) is 0 Å². The van der Waals surface area contributed by atoms with E-state index in [4.69, 9.17) is 12.2 Å². The van der Waals surface area contributed by atoms with Gasteiger partial charge in [0.1, 0.15) is 0 Å². The summed E-state index contributed by atoms with van der Waals surface area (Å²) in [5, 5.41) is 2.49. The summed E-state index contributed by atoms with van der Waals surface area (Å²) in [7, 11) is 0. The van der Waals surface area contributed by atoms with Crippen LogP contribution < -0.4 is 16.2 Å². The summed E-state index contributed by atoms with van der Waals surface area (Å²) in [6.07, 6.45) is 0.327. The van der Waals surface area contributed by atoms with Crippen molar-refractivity contribution in [3.05, 3.63) is 35.4 Å². The van der Waals surface area contributed by atoms with Crippen molar-refractivity contribution in [1.29, 1.82) is 0 Å². The lowest BCUT2D eigenvalue weighted by Crippen LogP contribution is -2.48. The number of hydrogen-bond acceptors (Lipinski definition) is 3. The van der Waals surface area contributed by atoms with Crippen LogP contribution in [0.4, 0.5) is 0 Å². The molecule has 1 aromatic carbocycles. The number of benzene rings is 1. The molecular formula is C12H15N3O2S. The maximum atomic E-state index is 11.8. The Hall–Kier alpha value is -1.95. The molecule has 0 fully saturated rings. The maximum absolute atomic E-state index is 11.8. The molecule has 0 heterocycles. The lowest BCUT2D eigenvalue weighted by molar-refractivity contribution is -0.119. The first-order valence-electron chi connectivity index (χ1n) is 5.50. The second-order valence-corrected chi connectivity index (χ2v) is 4.03. The van der Waals surface area contributed by atoms with Crippen molar-refractivity contribution in [2.45, 2.75) is 20.3 Å². The molecule has 5 nitrogen and oxygen atoms in total. The Labute approximate surface area is 111 Å². The van der Waals surface area contributed by atoms with Gasteiger partial charge >= 0.3 is 0 Å². The predicted octanol–water partition coefficient (Wildman–Crippen LogP) is 1.04. The summed E-state index contributed by atoms with van der Waals surface area (Å²) in [5.41, 5.74) is 6.31. The van der Waals surface area contributed by atoms with Crippen LogP contribution in [0.25, 0.3) is 0 Å². The molecule has 2 amide bonds. The fourth-order valence-corrected chi connectivity index (χ4v) is 1.42. The Bertz CT molecular complexity index is 474. The fourth-order valence-electron chi connectivity index (χ4n) is 1.25. The van der Waals surface area contributed by atoms with Crippen LogP contribution in [0, 0.1) is 6.92 Å². The lowest BCUT2D eigenvalue weighted by atomic mass is 10.1. The van der Waals surface area contributed by atoms with Crippen molar-refractivity contribution < 1.29 is 9.59 Å². The van der Waals surface area contributed by atoms with Gasteiger partial charge in [-0.2, -0.15) is 0 Å². The van der Waals surface area contributed by atoms with Crippen LogP contribution in [0.2, 0.25) is 0 Å². The number of carbonyl (C=O) groups is 2. The fraction of sp³-hybridized carbons (Fsp3) is 0.250. The number of amides is 2. The van der Waals surface area contributed by atoms with Gasteiger partial charge in [-0.3, -0.25) is 20.4 Å². The summed E-state index contributed by atoms with van der Waals surface area (Å²) in [6.45, 7) is 3.55. The van der Waals surface area contributed by atoms with E-state index in [1.165, 1.54) is 0 Å². The first-order valence-corrected chi connectivity index (χ1v) is 5.91. The summed E-state index contributed by atoms with van der Waals surface area (Å²) >= 11 is 4.84. The molecule has 0 saturated heterocycles. The van der Waals surface area contributed by atoms with Crippen LogP contribution in [-0.2, 0) is 4.79 Å². The molecule has 1 rings (SSSR count). The topological polar surface area (TPSA) is 70.2 Å². The zero-order valence-corrected chi connectivity index (χ0v) is 11.1. The van der Waals surface area contributed by atoms with Gasteiger partial charge in [0.25, 0.3) is 5.91 Å². The van der Waals surface area contributed by atoms with Crippen LogP contribution in [0.3, 0.4) is 0 Å². The standard InChI is InChI=1S/C12H15N3O2S/c1-3-10(16)13-12(18)15-14-11(17)9-7-5-4-6-8(9)2/h4-7H,3H2,1-2H3,(H,14,17)(H2,13,15,16,18). The van der Waals surface area contributed by atoms with E-state index >= 15 is 0 Å². The zero-order valence-electron chi connectivity index (χ0n) is 10.2. The van der Waals surface area contributed by atoms with E-state index < -0.39 is 0 Å². The minimum Gasteiger partial charge on any atom is -0.302 e. The number of hydrazine groups is 1. The molecule has 0 bridgehead atoms. The zero-order chi connectivity index (χ0) is 13.5. The Balaban J connectivity index is 2.50. The first-order chi connectivity index (χ1) is 8.54. The van der Waals surface area contributed by atoms with Gasteiger partial charge in [0.15, 0.2) is 5.11 Å². The third kappa shape index (κ3) is 4.14. The molecule has 0 aliphatic heterocycles. The molecule has 0 radical (unpaired) electrons. The van der Waals surface area contributed by atoms with Crippen molar-refractivity contribution in [1.82, 2.24) is 16.2 Å². The summed E-state index contributed by atoms with van der Waals surface area (Å²) in [6, 6.07) is 7.18. The second-order valence-electron chi connectivity index (χ2n) is 3.62. The molecule has 0 aliphatic rings. The van der Waals surface area contributed by atoms with Gasteiger partial charge in [-0.15, -0.1) is 0 Å². The number of nitrogens with one attached hydrogen (secondary N) is 3. The summed E-state index contributed by atoms with van der Waals surface area (Å²) < 4.78 is 0. The molecule has 0 atom stereocenters. The SMILES string of the molecule is CCC(=O)NC(=S)NNC(=O)c1ccccc1C. The van der Waals surface area contributed by atoms with Gasteiger partial charge in [-0.05, 0) is 30.8 Å². The van der Waals surface area contributed by atoms with Crippen molar-refractivity contribution in [2.24, 2.45) is 0 Å². The van der Waals surface area contributed by atoms with E-state index in [1.54, 1.807) is 19.1 Å². The van der Waals surface area contributed by atoms with Gasteiger partial charge in [0.05, 0.1) is 0 Å². The summed E-state index contributed by atoms with van der Waals surface area (Å²) in [4.78, 5) is 22.8. The predicted molar refractivity (Wildman–Crippen MR) is 72.8 cm³/mol. The third-order valence-electron chi connectivity index (χ3n) is 2.25. The smallest absolute Gasteiger partial charge is 0.269 e. The largest absolute Gasteiger partial charge is 0.302 e. The Kier molecular flexibility index (Phi) is 5.26. The number of aryl methyl sites for hydroxylation is 1. The van der Waals surface area contributed by atoms with E-state index in [1.807, 2.05) is 19.1 Å². The van der Waals surface area contributed by atoms with E-state index in [9.17, 15) is 9.59 Å². The highest BCUT2D eigenvalue weighted by Gasteiger charge is 2.08. The molecule has 6 heteroatoms. The molecule has 0 saturated carbocycles. The molecule has 0 spiro atoms. The highest BCUT2D eigenvalue weighted by Crippen LogP contribution is 2.05. The molecule has 0 aromatic heterocycles. The Morgan fingerprint density at radius 1 is 1.22 bits per heavy atom. The van der Waals surface area contributed by atoms with Crippen LogP contribution >= 0.6 is 12.2 Å². The maximum Gasteiger partial charge on any atom is 0.269 e. The molecule has 18 heavy (non-hydrogen) atoms. The lowest BCUT2D eigenvalue weighted by Gasteiger charge is -2.11. The number of hydrogen-bond donors (Lipinski definition) is 3. The molecule has 0 unspecified atom stereocenters. The van der Waals surface area contributed by atoms with Gasteiger partial charge in [-0.25, -0.2) is 0 Å². The van der Waals surface area contributed by atoms with E-state index in [2.05, 4.69) is 16.2 Å². The number of thiocarbonyl (C=S) groups is 1. The summed E-state index contributed by atoms with van der Waals surface area (Å²) in [5.74, 6) is -0.515. The normalized spacial score (nSPS) is 9.44. The van der Waals surface area contributed by atoms with Crippen LogP contribution in [0.15, 0.2) is 24.3 Å². The van der Waals surface area contributed by atoms with Crippen LogP contribution in [-0.4, -0.2) is 16.9 Å². The quantitative estimate of drug-likeness (QED) is 0.552. The third-order valence-corrected chi connectivity index (χ3v) is 2.46. The highest BCUT2D eigenvalue weighted by molar-refractivity contribution is 7.80. The van der Waals surface area contributed by atoms with Gasteiger partial charge in [-0.1, -0.05) is 25.1 Å². The molecule has 0 aliphatic carbocycles. The van der Waals surface area contributed by atoms with E-state index in [0.717, 1.165) is 5.56 Å². The average Bonchev–Trinajstić information content (AvgIpc) is 2.36. The first kappa shape index (κ1) is 14.1. The van der Waals surface area contributed by atoms with Gasteiger partial charge < -0.3 is 5.32 Å². The van der Waals surface area contributed by atoms with E-state index in [-0.39, 0.29) is 16.9 Å². The molecule has 96 valence electrons. The van der Waals surface area contributed by atoms with E-state index in [0.29, 0.717) is 12.0 Å². The number of carbonyl (C=O) groups excluding carboxylic acids is 2. The minimum absolute atomic E-state index is 0.0729. The minimum atomic E-state index is -0.304. The van der Waals surface area contributed by atoms with Gasteiger partial charge in [0.2, 0.25) is 5.91 Å². The van der Waals surface area contributed by atoms with Crippen molar-refractivity contribution >= 4 is 29.1 Å².